The SMILES string of the molecule is CCN(CC(=O)OCc1c(C)nn(-c2ccc([N+](=O)[O-])cc2)c1Oc1cc(C(=O)NCCC(=O)OC)c(O)c2ccccc12)C(C)=O.Cc1cc2n[nH]nc2cc1C. The van der Waals surface area contributed by atoms with Gasteiger partial charge in [-0.3, -0.25) is 29.3 Å². The highest BCUT2D eigenvalue weighted by Crippen LogP contribution is 2.40. The van der Waals surface area contributed by atoms with E-state index in [1.807, 2.05) is 12.1 Å². The molecular weight excluding hydrogens is 752 g/mol. The lowest BCUT2D eigenvalue weighted by molar-refractivity contribution is -0.384. The molecule has 0 fully saturated rings. The second-order valence-corrected chi connectivity index (χ2v) is 13.0. The van der Waals surface area contributed by atoms with Gasteiger partial charge in [0.15, 0.2) is 0 Å². The third-order valence-corrected chi connectivity index (χ3v) is 9.17. The van der Waals surface area contributed by atoms with Gasteiger partial charge in [0.2, 0.25) is 11.8 Å². The fourth-order valence-electron chi connectivity index (χ4n) is 5.76. The first-order valence-electron chi connectivity index (χ1n) is 18.0. The summed E-state index contributed by atoms with van der Waals surface area (Å²) in [5, 5.41) is 40.7. The highest BCUT2D eigenvalue weighted by Gasteiger charge is 2.25. The fraction of sp³-hybridized carbons (Fsp3) is 0.275. The second kappa shape index (κ2) is 18.5. The molecule has 18 nitrogen and oxygen atoms in total. The maximum absolute atomic E-state index is 13.1. The Morgan fingerprint density at radius 1 is 0.948 bits per heavy atom. The molecule has 4 aromatic carbocycles. The van der Waals surface area contributed by atoms with E-state index in [1.54, 1.807) is 38.1 Å². The van der Waals surface area contributed by atoms with E-state index < -0.39 is 22.8 Å². The van der Waals surface area contributed by atoms with Gasteiger partial charge in [0, 0.05) is 42.9 Å². The zero-order valence-electron chi connectivity index (χ0n) is 32.7. The lowest BCUT2D eigenvalue weighted by Gasteiger charge is -2.18. The normalized spacial score (nSPS) is 10.7. The summed E-state index contributed by atoms with van der Waals surface area (Å²) >= 11 is 0. The van der Waals surface area contributed by atoms with Crippen molar-refractivity contribution in [3.05, 3.63) is 105 Å². The molecule has 0 aliphatic carbocycles. The molecule has 2 aromatic heterocycles. The average molecular weight is 795 g/mol. The summed E-state index contributed by atoms with van der Waals surface area (Å²) in [6, 6.07) is 17.6. The number of H-pyrrole nitrogens is 1. The van der Waals surface area contributed by atoms with Gasteiger partial charge >= 0.3 is 11.9 Å². The molecule has 0 aliphatic rings. The van der Waals surface area contributed by atoms with Crippen molar-refractivity contribution in [2.45, 2.75) is 47.6 Å². The molecule has 58 heavy (non-hydrogen) atoms. The van der Waals surface area contributed by atoms with Crippen LogP contribution in [-0.4, -0.2) is 90.6 Å². The summed E-state index contributed by atoms with van der Waals surface area (Å²) in [5.41, 5.74) is 5.21. The van der Waals surface area contributed by atoms with Crippen LogP contribution in [0.3, 0.4) is 0 Å². The molecule has 0 atom stereocenters. The average Bonchev–Trinajstić information content (AvgIpc) is 3.79. The molecule has 18 heteroatoms. The molecule has 6 rings (SSSR count). The summed E-state index contributed by atoms with van der Waals surface area (Å²) in [6.07, 6.45) is -0.0852. The first-order chi connectivity index (χ1) is 27.7. The van der Waals surface area contributed by atoms with Crippen molar-refractivity contribution < 1.29 is 43.4 Å². The number of aromatic nitrogens is 5. The minimum absolute atomic E-state index is 0.0469. The van der Waals surface area contributed by atoms with Gasteiger partial charge in [0.25, 0.3) is 11.6 Å². The van der Waals surface area contributed by atoms with Crippen LogP contribution < -0.4 is 10.1 Å². The Morgan fingerprint density at radius 3 is 2.17 bits per heavy atom. The fourth-order valence-corrected chi connectivity index (χ4v) is 5.76. The number of fused-ring (bicyclic) bond motifs is 2. The monoisotopic (exact) mass is 794 g/mol. The predicted octanol–water partition coefficient (Wildman–Crippen LogP) is 5.52. The highest BCUT2D eigenvalue weighted by molar-refractivity contribution is 6.06. The maximum atomic E-state index is 13.1. The van der Waals surface area contributed by atoms with Crippen LogP contribution in [0.5, 0.6) is 17.4 Å². The number of aryl methyl sites for hydroxylation is 3. The number of esters is 2. The number of methoxy groups -OCH3 is 1. The number of nitro benzene ring substituents is 1. The Bertz CT molecular complexity index is 2460. The Morgan fingerprint density at radius 2 is 1.59 bits per heavy atom. The van der Waals surface area contributed by atoms with Crippen molar-refractivity contribution in [2.24, 2.45) is 0 Å². The van der Waals surface area contributed by atoms with Crippen LogP contribution in [0.1, 0.15) is 53.0 Å². The van der Waals surface area contributed by atoms with Crippen molar-refractivity contribution in [3.8, 4) is 23.1 Å². The molecule has 2 heterocycles. The number of rotatable bonds is 13. The Kier molecular flexibility index (Phi) is 13.3. The third-order valence-electron chi connectivity index (χ3n) is 9.17. The number of nitrogens with one attached hydrogen (secondary N) is 2. The molecular formula is C40H42N8O10. The number of phenolic OH excluding ortho intramolecular Hbond substituents is 1. The number of ether oxygens (including phenoxy) is 3. The number of aromatic amines is 1. The summed E-state index contributed by atoms with van der Waals surface area (Å²) in [5.74, 6) is -2.29. The van der Waals surface area contributed by atoms with Crippen LogP contribution in [0.2, 0.25) is 0 Å². The molecule has 0 spiro atoms. The molecule has 0 radical (unpaired) electrons. The lowest BCUT2D eigenvalue weighted by Crippen LogP contribution is -2.34. The number of nitrogens with zero attached hydrogens (tertiary/aromatic N) is 6. The Hall–Kier alpha value is -7.37. The number of non-ortho nitro benzene ring substituents is 1. The highest BCUT2D eigenvalue weighted by atomic mass is 16.6. The molecule has 3 N–H and O–H groups in total. The first kappa shape index (κ1) is 41.8. The van der Waals surface area contributed by atoms with Crippen LogP contribution in [0, 0.1) is 30.9 Å². The van der Waals surface area contributed by atoms with Gasteiger partial charge < -0.3 is 29.5 Å². The van der Waals surface area contributed by atoms with E-state index in [4.69, 9.17) is 9.47 Å². The number of hydrogen-bond donors (Lipinski definition) is 3. The number of likely N-dealkylation sites (N-methyl/N-ethyl adjacent to an activating group) is 1. The predicted molar refractivity (Wildman–Crippen MR) is 211 cm³/mol. The third kappa shape index (κ3) is 9.70. The van der Waals surface area contributed by atoms with Gasteiger partial charge in [-0.2, -0.15) is 20.5 Å². The van der Waals surface area contributed by atoms with E-state index in [1.165, 1.54) is 65.1 Å². The first-order valence-corrected chi connectivity index (χ1v) is 18.0. The standard InChI is InChI=1S/C32H33N5O10.C8H9N3/c1-5-35(20(3)38)17-29(40)46-18-26-19(2)34-36(21-10-12-22(13-11-21)37(43)44)32(26)47-27-16-25(31(42)33-15-14-28(39)45-4)30(41)24-9-7-6-8-23(24)27;1-5-3-7-8(4-6(5)2)10-11-9-7/h6-13,16,41H,5,14-15,17-18H2,1-4H3,(H,33,42);3-4H,1-2H3,(H,9,10,11). The minimum atomic E-state index is -0.679. The number of amides is 2. The van der Waals surface area contributed by atoms with Crippen molar-refractivity contribution >= 4 is 51.2 Å². The van der Waals surface area contributed by atoms with E-state index in [-0.39, 0.29) is 66.0 Å². The van der Waals surface area contributed by atoms with Gasteiger partial charge in [0.05, 0.1) is 41.0 Å². The van der Waals surface area contributed by atoms with Crippen molar-refractivity contribution in [3.63, 3.8) is 0 Å². The zero-order chi connectivity index (χ0) is 42.1. The quantitative estimate of drug-likeness (QED) is 0.0743. The van der Waals surface area contributed by atoms with Crippen LogP contribution in [-0.2, 0) is 30.5 Å². The van der Waals surface area contributed by atoms with Crippen LogP contribution in [0.25, 0.3) is 27.5 Å². The molecule has 0 bridgehead atoms. The maximum Gasteiger partial charge on any atom is 0.325 e. The summed E-state index contributed by atoms with van der Waals surface area (Å²) in [7, 11) is 1.23. The van der Waals surface area contributed by atoms with E-state index in [0.29, 0.717) is 28.9 Å². The van der Waals surface area contributed by atoms with E-state index in [9.17, 15) is 34.4 Å². The number of aromatic hydroxyl groups is 1. The molecule has 0 aliphatic heterocycles. The molecule has 0 saturated carbocycles. The molecule has 6 aromatic rings. The molecule has 302 valence electrons. The van der Waals surface area contributed by atoms with Crippen molar-refractivity contribution in [2.75, 3.05) is 26.7 Å². The topological polar surface area (TPSA) is 234 Å². The number of benzene rings is 4. The molecule has 0 saturated heterocycles. The van der Waals surface area contributed by atoms with E-state index >= 15 is 0 Å². The summed E-state index contributed by atoms with van der Waals surface area (Å²) < 4.78 is 17.9. The largest absolute Gasteiger partial charge is 0.506 e. The lowest BCUT2D eigenvalue weighted by atomic mass is 10.0. The Balaban J connectivity index is 0.000000496. The van der Waals surface area contributed by atoms with E-state index in [2.05, 4.69) is 44.4 Å². The Labute approximate surface area is 331 Å². The zero-order valence-corrected chi connectivity index (χ0v) is 32.7. The van der Waals surface area contributed by atoms with Crippen LogP contribution >= 0.6 is 0 Å². The number of hydrogen-bond acceptors (Lipinski definition) is 13. The van der Waals surface area contributed by atoms with Gasteiger partial charge in [-0.05, 0) is 69.2 Å². The molecule has 0 unspecified atom stereocenters. The number of carbonyl (C=O) groups excluding carboxylic acids is 4. The van der Waals surface area contributed by atoms with Gasteiger partial charge in [-0.25, -0.2) is 4.68 Å². The number of phenols is 1. The van der Waals surface area contributed by atoms with Crippen molar-refractivity contribution in [1.82, 2.24) is 35.4 Å². The van der Waals surface area contributed by atoms with Gasteiger partial charge in [0.1, 0.15) is 35.7 Å². The van der Waals surface area contributed by atoms with Crippen LogP contribution in [0.15, 0.2) is 66.7 Å². The van der Waals surface area contributed by atoms with Crippen molar-refractivity contribution in [1.29, 1.82) is 0 Å². The van der Waals surface area contributed by atoms with Gasteiger partial charge in [-0.15, -0.1) is 0 Å². The summed E-state index contributed by atoms with van der Waals surface area (Å²) in [4.78, 5) is 61.2. The number of nitro groups is 1. The number of carbonyl (C=O) groups is 4. The van der Waals surface area contributed by atoms with Crippen LogP contribution in [0.4, 0.5) is 5.69 Å². The van der Waals surface area contributed by atoms with E-state index in [0.717, 1.165) is 11.0 Å². The smallest absolute Gasteiger partial charge is 0.325 e. The van der Waals surface area contributed by atoms with Gasteiger partial charge in [-0.1, -0.05) is 24.3 Å². The minimum Gasteiger partial charge on any atom is -0.506 e. The molecule has 2 amide bonds. The second-order valence-electron chi connectivity index (χ2n) is 13.0. The summed E-state index contributed by atoms with van der Waals surface area (Å²) in [6.45, 7) is 8.56.